The van der Waals surface area contributed by atoms with Crippen molar-refractivity contribution in [3.05, 3.63) is 35.9 Å². The Labute approximate surface area is 150 Å². The molecule has 0 saturated carbocycles. The summed E-state index contributed by atoms with van der Waals surface area (Å²) >= 11 is 1.67. The first-order valence-corrected chi connectivity index (χ1v) is 9.18. The van der Waals surface area contributed by atoms with Gasteiger partial charge in [-0.3, -0.25) is 9.59 Å². The van der Waals surface area contributed by atoms with Crippen LogP contribution in [0.1, 0.15) is 38.5 Å². The Hall–Kier alpha value is -2.28. The Bertz CT molecular complexity index is 703. The van der Waals surface area contributed by atoms with Crippen molar-refractivity contribution in [3.8, 4) is 0 Å². The number of nitrogens with zero attached hydrogens (tertiary/aromatic N) is 2. The van der Waals surface area contributed by atoms with Gasteiger partial charge in [-0.25, -0.2) is 4.79 Å². The number of para-hydroxylation sites is 1. The van der Waals surface area contributed by atoms with Crippen LogP contribution in [0.2, 0.25) is 0 Å². The minimum absolute atomic E-state index is 0.116. The van der Waals surface area contributed by atoms with Gasteiger partial charge in [-0.2, -0.15) is 0 Å². The Morgan fingerprint density at radius 1 is 1.12 bits per heavy atom. The molecule has 132 valence electrons. The molecule has 0 atom stereocenters. The molecule has 2 heterocycles. The third kappa shape index (κ3) is 4.04. The molecular formula is C18H20N2O4S. The zero-order valence-corrected chi connectivity index (χ0v) is 14.7. The molecule has 7 heteroatoms. The van der Waals surface area contributed by atoms with Crippen molar-refractivity contribution in [3.63, 3.8) is 0 Å². The van der Waals surface area contributed by atoms with E-state index in [9.17, 15) is 14.4 Å². The average Bonchev–Trinajstić information content (AvgIpc) is 3.08. The van der Waals surface area contributed by atoms with Crippen LogP contribution in [0.3, 0.4) is 0 Å². The van der Waals surface area contributed by atoms with Crippen molar-refractivity contribution in [1.82, 2.24) is 5.06 Å². The lowest BCUT2D eigenvalue weighted by Gasteiger charge is -2.19. The van der Waals surface area contributed by atoms with Crippen LogP contribution in [0.15, 0.2) is 40.8 Å². The molecule has 3 rings (SSSR count). The Morgan fingerprint density at radius 3 is 2.60 bits per heavy atom. The van der Waals surface area contributed by atoms with E-state index in [1.165, 1.54) is 10.6 Å². The normalized spacial score (nSPS) is 16.6. The second-order valence-electron chi connectivity index (χ2n) is 5.97. The maximum atomic E-state index is 11.7. The lowest BCUT2D eigenvalue weighted by molar-refractivity contribution is -0.197. The number of anilines is 1. The smallest absolute Gasteiger partial charge is 0.333 e. The number of thioether (sulfide) groups is 1. The summed E-state index contributed by atoms with van der Waals surface area (Å²) in [6.45, 7) is 4.94. The van der Waals surface area contributed by atoms with Gasteiger partial charge in [0.05, 0.1) is 10.7 Å². The summed E-state index contributed by atoms with van der Waals surface area (Å²) in [6, 6.07) is 8.20. The van der Waals surface area contributed by atoms with Crippen LogP contribution in [0.4, 0.5) is 5.69 Å². The first kappa shape index (κ1) is 17.5. The molecule has 0 radical (unpaired) electrons. The van der Waals surface area contributed by atoms with Gasteiger partial charge in [0.25, 0.3) is 11.8 Å². The van der Waals surface area contributed by atoms with E-state index in [0.717, 1.165) is 24.4 Å². The first-order valence-electron chi connectivity index (χ1n) is 8.36. The van der Waals surface area contributed by atoms with Crippen LogP contribution in [-0.2, 0) is 19.2 Å². The fraction of sp³-hybridized carbons (Fsp3) is 0.389. The highest BCUT2D eigenvalue weighted by atomic mass is 32.2. The second-order valence-corrected chi connectivity index (χ2v) is 7.09. The molecule has 2 amide bonds. The molecule has 2 aliphatic heterocycles. The highest BCUT2D eigenvalue weighted by Gasteiger charge is 2.32. The molecular weight excluding hydrogens is 340 g/mol. The largest absolute Gasteiger partial charge is 0.336 e. The minimum atomic E-state index is -0.532. The highest BCUT2D eigenvalue weighted by Crippen LogP contribution is 2.44. The van der Waals surface area contributed by atoms with Crippen molar-refractivity contribution < 1.29 is 19.2 Å². The Kier molecular flexibility index (Phi) is 5.43. The summed E-state index contributed by atoms with van der Waals surface area (Å²) in [4.78, 5) is 42.8. The molecule has 0 aromatic heterocycles. The van der Waals surface area contributed by atoms with Crippen LogP contribution in [-0.4, -0.2) is 29.4 Å². The van der Waals surface area contributed by atoms with E-state index in [0.29, 0.717) is 11.5 Å². The Balaban J connectivity index is 1.37. The number of rotatable bonds is 7. The van der Waals surface area contributed by atoms with Gasteiger partial charge in [0.1, 0.15) is 0 Å². The summed E-state index contributed by atoms with van der Waals surface area (Å²) in [6.07, 6.45) is 2.86. The maximum Gasteiger partial charge on any atom is 0.333 e. The first-order chi connectivity index (χ1) is 12.1. The molecule has 0 unspecified atom stereocenters. The number of amides is 2. The van der Waals surface area contributed by atoms with E-state index in [2.05, 4.69) is 23.6 Å². The number of carbonyl (C=O) groups excluding carboxylic acids is 3. The van der Waals surface area contributed by atoms with Crippen molar-refractivity contribution >= 4 is 35.2 Å². The Morgan fingerprint density at radius 2 is 1.84 bits per heavy atom. The molecule has 0 N–H and O–H groups in total. The molecule has 6 nitrogen and oxygen atoms in total. The van der Waals surface area contributed by atoms with Gasteiger partial charge in [0.15, 0.2) is 0 Å². The summed E-state index contributed by atoms with van der Waals surface area (Å²) in [7, 11) is 0. The van der Waals surface area contributed by atoms with Gasteiger partial charge in [-0.15, -0.1) is 5.06 Å². The summed E-state index contributed by atoms with van der Waals surface area (Å²) in [5, 5.41) is 1.62. The number of benzene rings is 1. The lowest BCUT2D eigenvalue weighted by atomic mass is 10.2. The quantitative estimate of drug-likeness (QED) is 0.549. The van der Waals surface area contributed by atoms with E-state index < -0.39 is 17.8 Å². The van der Waals surface area contributed by atoms with E-state index in [-0.39, 0.29) is 19.3 Å². The molecule has 1 saturated heterocycles. The van der Waals surface area contributed by atoms with Crippen molar-refractivity contribution in [2.45, 2.75) is 43.4 Å². The van der Waals surface area contributed by atoms with E-state index in [1.807, 2.05) is 12.1 Å². The minimum Gasteiger partial charge on any atom is -0.336 e. The van der Waals surface area contributed by atoms with Crippen LogP contribution in [0.25, 0.3) is 0 Å². The third-order valence-corrected chi connectivity index (χ3v) is 5.17. The lowest BCUT2D eigenvalue weighted by Crippen LogP contribution is -2.31. The van der Waals surface area contributed by atoms with Crippen molar-refractivity contribution in [1.29, 1.82) is 0 Å². The monoisotopic (exact) mass is 360 g/mol. The third-order valence-electron chi connectivity index (χ3n) is 4.15. The fourth-order valence-electron chi connectivity index (χ4n) is 2.85. The van der Waals surface area contributed by atoms with Crippen LogP contribution < -0.4 is 4.90 Å². The molecule has 1 aromatic rings. The zero-order chi connectivity index (χ0) is 17.8. The number of fused-ring (bicyclic) bond motifs is 1. The van der Waals surface area contributed by atoms with Crippen LogP contribution >= 0.6 is 11.8 Å². The maximum absolute atomic E-state index is 11.7. The van der Waals surface area contributed by atoms with Gasteiger partial charge in [0.2, 0.25) is 0 Å². The molecule has 1 aromatic carbocycles. The number of hydroxylamine groups is 2. The van der Waals surface area contributed by atoms with Gasteiger partial charge in [-0.05, 0) is 25.0 Å². The molecule has 1 fully saturated rings. The number of unbranched alkanes of at least 4 members (excludes halogenated alkanes) is 2. The summed E-state index contributed by atoms with van der Waals surface area (Å²) < 4.78 is 0. The zero-order valence-electron chi connectivity index (χ0n) is 13.9. The van der Waals surface area contributed by atoms with Gasteiger partial charge in [0, 0.05) is 30.7 Å². The number of carbonyl (C=O) groups is 3. The average molecular weight is 360 g/mol. The number of hydrogen-bond acceptors (Lipinski definition) is 6. The SMILES string of the molecule is C=C1Sc2ccccc2N1CCCCCC(=O)ON1C(=O)CCC1=O. The molecule has 25 heavy (non-hydrogen) atoms. The second kappa shape index (κ2) is 7.74. The predicted octanol–water partition coefficient (Wildman–Crippen LogP) is 3.24. The highest BCUT2D eigenvalue weighted by molar-refractivity contribution is 8.03. The van der Waals surface area contributed by atoms with E-state index in [1.54, 1.807) is 11.8 Å². The van der Waals surface area contributed by atoms with Gasteiger partial charge < -0.3 is 9.74 Å². The van der Waals surface area contributed by atoms with Crippen molar-refractivity contribution in [2.75, 3.05) is 11.4 Å². The van der Waals surface area contributed by atoms with Gasteiger partial charge >= 0.3 is 5.97 Å². The van der Waals surface area contributed by atoms with Crippen molar-refractivity contribution in [2.24, 2.45) is 0 Å². The molecule has 0 bridgehead atoms. The molecule has 2 aliphatic rings. The standard InChI is InChI=1S/C18H20N2O4S/c1-13-19(14-7-4-5-8-15(14)25-13)12-6-2-3-9-18(23)24-20-16(21)10-11-17(20)22/h4-5,7-8H,1-3,6,9-12H2. The van der Waals surface area contributed by atoms with Crippen LogP contribution in [0.5, 0.6) is 0 Å². The van der Waals surface area contributed by atoms with Gasteiger partial charge in [-0.1, -0.05) is 36.9 Å². The predicted molar refractivity (Wildman–Crippen MR) is 94.4 cm³/mol. The summed E-state index contributed by atoms with van der Waals surface area (Å²) in [5.41, 5.74) is 1.18. The molecule has 0 spiro atoms. The number of hydrogen-bond donors (Lipinski definition) is 0. The topological polar surface area (TPSA) is 66.9 Å². The number of imide groups is 1. The summed E-state index contributed by atoms with van der Waals surface area (Å²) in [5.74, 6) is -1.42. The van der Waals surface area contributed by atoms with Crippen LogP contribution in [0, 0.1) is 0 Å². The molecule has 0 aliphatic carbocycles. The van der Waals surface area contributed by atoms with E-state index in [4.69, 9.17) is 4.84 Å². The van der Waals surface area contributed by atoms with E-state index >= 15 is 0 Å². The fourth-order valence-corrected chi connectivity index (χ4v) is 3.83.